The van der Waals surface area contributed by atoms with Crippen molar-refractivity contribution < 1.29 is 4.79 Å². The van der Waals surface area contributed by atoms with E-state index >= 15 is 0 Å². The molecule has 0 radical (unpaired) electrons. The average molecular weight is 270 g/mol. The molecule has 0 aromatic carbocycles. The molecule has 0 spiro atoms. The van der Waals surface area contributed by atoms with Crippen LogP contribution in [0.5, 0.6) is 0 Å². The van der Waals surface area contributed by atoms with Crippen LogP contribution in [0.4, 0.5) is 0 Å². The van der Waals surface area contributed by atoms with Crippen LogP contribution in [0.3, 0.4) is 0 Å². The van der Waals surface area contributed by atoms with Crippen molar-refractivity contribution in [2.75, 3.05) is 6.54 Å². The maximum Gasteiger partial charge on any atom is 0.223 e. The Kier molecular flexibility index (Phi) is 3.57. The third-order valence-corrected chi connectivity index (χ3v) is 5.93. The number of halogens is 1. The van der Waals surface area contributed by atoms with Crippen molar-refractivity contribution in [2.24, 2.45) is 29.6 Å². The Morgan fingerprint density at radius 3 is 2.22 bits per heavy atom. The highest BCUT2D eigenvalue weighted by Crippen LogP contribution is 2.56. The number of hydrogen-bond donors (Lipinski definition) is 1. The van der Waals surface area contributed by atoms with Crippen molar-refractivity contribution in [3.05, 3.63) is 0 Å². The second-order valence-corrected chi connectivity index (χ2v) is 7.32. The first-order chi connectivity index (χ1) is 8.67. The van der Waals surface area contributed by atoms with E-state index in [-0.39, 0.29) is 5.38 Å². The molecular formula is C15H24ClNO. The smallest absolute Gasteiger partial charge is 0.223 e. The van der Waals surface area contributed by atoms with E-state index in [2.05, 4.69) is 12.2 Å². The SMILES string of the molecule is CCC(Cl)CNC(=O)C1C2CC3CC(C2)CC1C3. The highest BCUT2D eigenvalue weighted by molar-refractivity contribution is 6.20. The van der Waals surface area contributed by atoms with Crippen LogP contribution in [-0.4, -0.2) is 17.8 Å². The first kappa shape index (κ1) is 12.8. The zero-order valence-corrected chi connectivity index (χ0v) is 12.0. The predicted octanol–water partition coefficient (Wildman–Crippen LogP) is 3.19. The number of carbonyl (C=O) groups is 1. The molecule has 3 heteroatoms. The van der Waals surface area contributed by atoms with Gasteiger partial charge in [0, 0.05) is 12.5 Å². The minimum absolute atomic E-state index is 0.0887. The van der Waals surface area contributed by atoms with Gasteiger partial charge in [-0.2, -0.15) is 0 Å². The van der Waals surface area contributed by atoms with Crippen molar-refractivity contribution in [1.29, 1.82) is 0 Å². The van der Waals surface area contributed by atoms with Gasteiger partial charge >= 0.3 is 0 Å². The first-order valence-electron chi connectivity index (χ1n) is 7.59. The molecule has 4 saturated carbocycles. The predicted molar refractivity (Wildman–Crippen MR) is 73.5 cm³/mol. The van der Waals surface area contributed by atoms with E-state index in [1.54, 1.807) is 0 Å². The lowest BCUT2D eigenvalue weighted by Gasteiger charge is -2.53. The molecule has 1 N–H and O–H groups in total. The lowest BCUT2D eigenvalue weighted by molar-refractivity contribution is -0.138. The van der Waals surface area contributed by atoms with Gasteiger partial charge in [-0.3, -0.25) is 4.79 Å². The van der Waals surface area contributed by atoms with Crippen LogP contribution in [0, 0.1) is 29.6 Å². The first-order valence-corrected chi connectivity index (χ1v) is 8.02. The molecule has 4 rings (SSSR count). The molecule has 18 heavy (non-hydrogen) atoms. The Morgan fingerprint density at radius 2 is 1.72 bits per heavy atom. The van der Waals surface area contributed by atoms with Crippen molar-refractivity contribution in [3.8, 4) is 0 Å². The zero-order chi connectivity index (χ0) is 12.7. The fourth-order valence-corrected chi connectivity index (χ4v) is 4.90. The van der Waals surface area contributed by atoms with E-state index in [1.807, 2.05) is 0 Å². The van der Waals surface area contributed by atoms with E-state index in [9.17, 15) is 4.79 Å². The van der Waals surface area contributed by atoms with Gasteiger partial charge in [-0.15, -0.1) is 11.6 Å². The maximum atomic E-state index is 12.4. The summed E-state index contributed by atoms with van der Waals surface area (Å²) in [6, 6.07) is 0. The minimum Gasteiger partial charge on any atom is -0.354 e. The van der Waals surface area contributed by atoms with Gasteiger partial charge in [-0.25, -0.2) is 0 Å². The quantitative estimate of drug-likeness (QED) is 0.781. The summed E-state index contributed by atoms with van der Waals surface area (Å²) < 4.78 is 0. The Morgan fingerprint density at radius 1 is 1.17 bits per heavy atom. The Hall–Kier alpha value is -0.240. The van der Waals surface area contributed by atoms with Gasteiger partial charge in [0.1, 0.15) is 0 Å². The average Bonchev–Trinajstić information content (AvgIpc) is 2.34. The molecule has 0 aromatic rings. The van der Waals surface area contributed by atoms with Gasteiger partial charge in [0.25, 0.3) is 0 Å². The monoisotopic (exact) mass is 269 g/mol. The molecule has 0 aromatic heterocycles. The topological polar surface area (TPSA) is 29.1 Å². The number of amides is 1. The number of alkyl halides is 1. The number of hydrogen-bond acceptors (Lipinski definition) is 1. The molecule has 2 nitrogen and oxygen atoms in total. The molecule has 4 aliphatic carbocycles. The van der Waals surface area contributed by atoms with Crippen molar-refractivity contribution in [2.45, 2.75) is 50.8 Å². The zero-order valence-electron chi connectivity index (χ0n) is 11.2. The van der Waals surface area contributed by atoms with Gasteiger partial charge in [-0.1, -0.05) is 6.92 Å². The van der Waals surface area contributed by atoms with Gasteiger partial charge in [0.2, 0.25) is 5.91 Å². The number of carbonyl (C=O) groups excluding carboxylic acids is 1. The molecular weight excluding hydrogens is 246 g/mol. The third kappa shape index (κ3) is 2.29. The molecule has 1 unspecified atom stereocenters. The Bertz CT molecular complexity index is 302. The summed E-state index contributed by atoms with van der Waals surface area (Å²) in [5, 5.41) is 3.18. The number of nitrogens with one attached hydrogen (secondary N) is 1. The summed E-state index contributed by atoms with van der Waals surface area (Å²) in [5.41, 5.74) is 0. The van der Waals surface area contributed by atoms with Crippen LogP contribution >= 0.6 is 11.6 Å². The molecule has 1 atom stereocenters. The van der Waals surface area contributed by atoms with Gasteiger partial charge in [-0.05, 0) is 62.2 Å². The summed E-state index contributed by atoms with van der Waals surface area (Å²) in [6.07, 6.45) is 7.60. The van der Waals surface area contributed by atoms with E-state index in [4.69, 9.17) is 11.6 Å². The molecule has 1 amide bonds. The van der Waals surface area contributed by atoms with Crippen LogP contribution in [-0.2, 0) is 4.79 Å². The molecule has 0 saturated heterocycles. The summed E-state index contributed by atoms with van der Waals surface area (Å²) in [7, 11) is 0. The van der Waals surface area contributed by atoms with Crippen LogP contribution < -0.4 is 5.32 Å². The third-order valence-electron chi connectivity index (χ3n) is 5.47. The summed E-state index contributed by atoms with van der Waals surface area (Å²) in [4.78, 5) is 12.4. The number of rotatable bonds is 4. The standard InChI is InChI=1S/C15H24ClNO/c1-2-13(16)8-17-15(18)14-11-4-9-3-10(6-11)7-12(14)5-9/h9-14H,2-8H2,1H3,(H,17,18). The van der Waals surface area contributed by atoms with Crippen molar-refractivity contribution in [3.63, 3.8) is 0 Å². The molecule has 4 bridgehead atoms. The van der Waals surface area contributed by atoms with E-state index in [0.29, 0.717) is 30.2 Å². The summed E-state index contributed by atoms with van der Waals surface area (Å²) in [6.45, 7) is 2.70. The molecule has 4 fully saturated rings. The Labute approximate surface area is 115 Å². The normalized spacial score (nSPS) is 42.9. The second kappa shape index (κ2) is 5.03. The summed E-state index contributed by atoms with van der Waals surface area (Å²) in [5.74, 6) is 3.83. The minimum atomic E-state index is 0.0887. The van der Waals surface area contributed by atoms with Gasteiger partial charge < -0.3 is 5.32 Å². The Balaban J connectivity index is 1.60. The van der Waals surface area contributed by atoms with Crippen LogP contribution in [0.25, 0.3) is 0 Å². The van der Waals surface area contributed by atoms with Crippen LogP contribution in [0.15, 0.2) is 0 Å². The molecule has 0 heterocycles. The maximum absolute atomic E-state index is 12.4. The lowest BCUT2D eigenvalue weighted by atomic mass is 9.51. The highest BCUT2D eigenvalue weighted by Gasteiger charge is 2.50. The van der Waals surface area contributed by atoms with Gasteiger partial charge in [0.15, 0.2) is 0 Å². The lowest BCUT2D eigenvalue weighted by Crippen LogP contribution is -2.51. The summed E-state index contributed by atoms with van der Waals surface area (Å²) >= 11 is 6.08. The second-order valence-electron chi connectivity index (χ2n) is 6.71. The largest absolute Gasteiger partial charge is 0.354 e. The highest BCUT2D eigenvalue weighted by atomic mass is 35.5. The van der Waals surface area contributed by atoms with Crippen LogP contribution in [0.1, 0.15) is 45.4 Å². The fourth-order valence-electron chi connectivity index (χ4n) is 4.83. The van der Waals surface area contributed by atoms with E-state index < -0.39 is 0 Å². The molecule has 0 aliphatic heterocycles. The van der Waals surface area contributed by atoms with E-state index in [0.717, 1.165) is 18.3 Å². The van der Waals surface area contributed by atoms with Gasteiger partial charge in [0.05, 0.1) is 5.38 Å². The van der Waals surface area contributed by atoms with Crippen molar-refractivity contribution >= 4 is 17.5 Å². The fraction of sp³-hybridized carbons (Fsp3) is 0.933. The van der Waals surface area contributed by atoms with Crippen LogP contribution in [0.2, 0.25) is 0 Å². The molecule has 102 valence electrons. The van der Waals surface area contributed by atoms with E-state index in [1.165, 1.54) is 32.1 Å². The molecule has 4 aliphatic rings. The van der Waals surface area contributed by atoms with Crippen molar-refractivity contribution in [1.82, 2.24) is 5.32 Å².